The summed E-state index contributed by atoms with van der Waals surface area (Å²) in [7, 11) is 0. The molecule has 2 unspecified atom stereocenters. The third-order valence-corrected chi connectivity index (χ3v) is 16.7. The van der Waals surface area contributed by atoms with Crippen LogP contribution in [0.25, 0.3) is 0 Å². The van der Waals surface area contributed by atoms with Crippen molar-refractivity contribution in [3.8, 4) is 0 Å². The van der Waals surface area contributed by atoms with Crippen molar-refractivity contribution >= 4 is 11.9 Å². The molecule has 0 heterocycles. The van der Waals surface area contributed by atoms with Gasteiger partial charge in [-0.1, -0.05) is 353 Å². The second-order valence-electron chi connectivity index (χ2n) is 24.6. The highest BCUT2D eigenvalue weighted by Gasteiger charge is 2.18. The smallest absolute Gasteiger partial charge is 0.305 e. The molecule has 0 aliphatic carbocycles. The van der Waals surface area contributed by atoms with Crippen molar-refractivity contribution < 1.29 is 24.5 Å². The molecule has 0 aromatic rings. The van der Waals surface area contributed by atoms with E-state index >= 15 is 0 Å². The lowest BCUT2D eigenvalue weighted by Crippen LogP contribution is -2.45. The molecule has 0 aliphatic rings. The molecule has 0 aromatic carbocycles. The zero-order valence-corrected chi connectivity index (χ0v) is 52.9. The Morgan fingerprint density at radius 2 is 0.603 bits per heavy atom. The number of amides is 1. The first-order valence-corrected chi connectivity index (χ1v) is 35.6. The van der Waals surface area contributed by atoms with E-state index < -0.39 is 12.1 Å². The first kappa shape index (κ1) is 76.3. The van der Waals surface area contributed by atoms with Crippen molar-refractivity contribution in [1.29, 1.82) is 0 Å². The van der Waals surface area contributed by atoms with E-state index in [1.165, 1.54) is 327 Å². The Morgan fingerprint density at radius 3 is 0.910 bits per heavy atom. The second-order valence-corrected chi connectivity index (χ2v) is 24.6. The van der Waals surface area contributed by atoms with Crippen molar-refractivity contribution in [3.05, 3.63) is 24.3 Å². The average Bonchev–Trinajstić information content (AvgIpc) is 3.44. The Bertz CT molecular complexity index is 1220. The van der Waals surface area contributed by atoms with Gasteiger partial charge in [0.1, 0.15) is 0 Å². The monoisotopic (exact) mass is 1100 g/mol. The number of esters is 1. The van der Waals surface area contributed by atoms with Crippen LogP contribution in [-0.4, -0.2) is 47.4 Å². The molecular weight excluding hydrogens is 959 g/mol. The molecule has 0 radical (unpaired) electrons. The maximum absolute atomic E-state index is 12.5. The molecule has 0 aliphatic heterocycles. The fourth-order valence-corrected chi connectivity index (χ4v) is 11.3. The highest BCUT2D eigenvalue weighted by molar-refractivity contribution is 5.76. The standard InChI is InChI=1S/C72H139NO5/c1-3-5-7-9-11-13-15-17-19-20-21-22-23-24-25-27-30-33-37-40-44-48-52-56-60-64-70(75)69(68-74)73-71(76)65-61-57-53-49-45-41-38-34-31-28-26-29-32-35-39-43-47-51-55-59-63-67-78-72(77)66-62-58-54-50-46-42-36-18-16-14-12-10-8-6-4-2/h18,36,60,64,69-70,74-75H,3-17,19-35,37-59,61-63,65-68H2,1-2H3,(H,73,76)/b36-18-,64-60+. The van der Waals surface area contributed by atoms with Gasteiger partial charge in [-0.25, -0.2) is 0 Å². The largest absolute Gasteiger partial charge is 0.466 e. The summed E-state index contributed by atoms with van der Waals surface area (Å²) in [6.07, 6.45) is 85.4. The molecule has 3 N–H and O–H groups in total. The van der Waals surface area contributed by atoms with E-state index in [1.54, 1.807) is 6.08 Å². The van der Waals surface area contributed by atoms with Crippen LogP contribution in [0, 0.1) is 0 Å². The van der Waals surface area contributed by atoms with E-state index in [0.717, 1.165) is 44.9 Å². The summed E-state index contributed by atoms with van der Waals surface area (Å²) in [5, 5.41) is 23.3. The van der Waals surface area contributed by atoms with Gasteiger partial charge in [0.2, 0.25) is 5.91 Å². The molecule has 0 spiro atoms. The fourth-order valence-electron chi connectivity index (χ4n) is 11.3. The van der Waals surface area contributed by atoms with Gasteiger partial charge >= 0.3 is 5.97 Å². The van der Waals surface area contributed by atoms with Crippen LogP contribution in [0.3, 0.4) is 0 Å². The highest BCUT2D eigenvalue weighted by atomic mass is 16.5. The van der Waals surface area contributed by atoms with Gasteiger partial charge in [0.15, 0.2) is 0 Å². The van der Waals surface area contributed by atoms with Crippen LogP contribution in [0.2, 0.25) is 0 Å². The number of allylic oxidation sites excluding steroid dienone is 3. The van der Waals surface area contributed by atoms with E-state index in [1.807, 2.05) is 6.08 Å². The van der Waals surface area contributed by atoms with Gasteiger partial charge < -0.3 is 20.3 Å². The van der Waals surface area contributed by atoms with Gasteiger partial charge in [-0.15, -0.1) is 0 Å². The summed E-state index contributed by atoms with van der Waals surface area (Å²) in [5.74, 6) is -0.0600. The number of carbonyl (C=O) groups is 2. The number of carbonyl (C=O) groups excluding carboxylic acids is 2. The quantitative estimate of drug-likeness (QED) is 0.0320. The lowest BCUT2D eigenvalue weighted by molar-refractivity contribution is -0.143. The van der Waals surface area contributed by atoms with E-state index in [0.29, 0.717) is 19.4 Å². The lowest BCUT2D eigenvalue weighted by Gasteiger charge is -2.20. The van der Waals surface area contributed by atoms with Gasteiger partial charge in [-0.05, 0) is 57.8 Å². The van der Waals surface area contributed by atoms with Crippen molar-refractivity contribution in [2.45, 2.75) is 411 Å². The fraction of sp³-hybridized carbons (Fsp3) is 0.917. The predicted octanol–water partition coefficient (Wildman–Crippen LogP) is 22.9. The summed E-state index contributed by atoms with van der Waals surface area (Å²) < 4.78 is 5.49. The summed E-state index contributed by atoms with van der Waals surface area (Å²) in [6, 6.07) is -0.630. The van der Waals surface area contributed by atoms with Crippen LogP contribution in [0.4, 0.5) is 0 Å². The molecule has 0 aromatic heterocycles. The van der Waals surface area contributed by atoms with Gasteiger partial charge in [0, 0.05) is 12.8 Å². The van der Waals surface area contributed by atoms with Gasteiger partial charge in [0.25, 0.3) is 0 Å². The number of unbranched alkanes of at least 4 members (excludes halogenated alkanes) is 54. The van der Waals surface area contributed by atoms with E-state index in [-0.39, 0.29) is 18.5 Å². The molecule has 462 valence electrons. The Balaban J connectivity index is 3.41. The molecule has 1 amide bonds. The molecule has 6 nitrogen and oxygen atoms in total. The zero-order chi connectivity index (χ0) is 56.4. The van der Waals surface area contributed by atoms with Crippen LogP contribution in [0.15, 0.2) is 24.3 Å². The number of ether oxygens (including phenoxy) is 1. The van der Waals surface area contributed by atoms with Crippen molar-refractivity contribution in [2.24, 2.45) is 0 Å². The normalized spacial score (nSPS) is 12.6. The Labute approximate surface area is 488 Å². The van der Waals surface area contributed by atoms with Gasteiger partial charge in [0.05, 0.1) is 25.4 Å². The number of nitrogens with one attached hydrogen (secondary N) is 1. The SMILES string of the molecule is CCCCCCCC/C=C\CCCCCCCC(=O)OCCCCCCCCCCCCCCCCCCCCCCCC(=O)NC(CO)C(O)/C=C/CCCCCCCCCCCCCCCCCCCCCCCCC. The van der Waals surface area contributed by atoms with Crippen LogP contribution < -0.4 is 5.32 Å². The molecule has 0 saturated heterocycles. The third kappa shape index (κ3) is 63.5. The third-order valence-electron chi connectivity index (χ3n) is 16.7. The van der Waals surface area contributed by atoms with Gasteiger partial charge in [-0.3, -0.25) is 9.59 Å². The molecule has 0 fully saturated rings. The summed E-state index contributed by atoms with van der Waals surface area (Å²) in [5.41, 5.74) is 0. The van der Waals surface area contributed by atoms with Crippen LogP contribution in [0.1, 0.15) is 399 Å². The molecule has 2 atom stereocenters. The molecule has 0 bridgehead atoms. The number of aliphatic hydroxyl groups is 2. The number of rotatable bonds is 67. The number of hydrogen-bond acceptors (Lipinski definition) is 5. The van der Waals surface area contributed by atoms with Crippen molar-refractivity contribution in [2.75, 3.05) is 13.2 Å². The van der Waals surface area contributed by atoms with Crippen molar-refractivity contribution in [1.82, 2.24) is 5.32 Å². The zero-order valence-electron chi connectivity index (χ0n) is 52.9. The average molecular weight is 1100 g/mol. The Morgan fingerprint density at radius 1 is 0.346 bits per heavy atom. The second kappa shape index (κ2) is 67.8. The first-order chi connectivity index (χ1) is 38.5. The minimum Gasteiger partial charge on any atom is -0.466 e. The Hall–Kier alpha value is -1.66. The molecular formula is C72H139NO5. The van der Waals surface area contributed by atoms with E-state index in [2.05, 4.69) is 31.3 Å². The van der Waals surface area contributed by atoms with Crippen molar-refractivity contribution in [3.63, 3.8) is 0 Å². The highest BCUT2D eigenvalue weighted by Crippen LogP contribution is 2.19. The molecule has 0 rings (SSSR count). The summed E-state index contributed by atoms with van der Waals surface area (Å²) in [6.45, 7) is 4.93. The molecule has 6 heteroatoms. The summed E-state index contributed by atoms with van der Waals surface area (Å²) >= 11 is 0. The van der Waals surface area contributed by atoms with E-state index in [4.69, 9.17) is 4.74 Å². The van der Waals surface area contributed by atoms with Crippen LogP contribution in [0.5, 0.6) is 0 Å². The summed E-state index contributed by atoms with van der Waals surface area (Å²) in [4.78, 5) is 24.6. The van der Waals surface area contributed by atoms with Gasteiger partial charge in [-0.2, -0.15) is 0 Å². The number of aliphatic hydroxyl groups excluding tert-OH is 2. The Kier molecular flexibility index (Phi) is 66.4. The lowest BCUT2D eigenvalue weighted by atomic mass is 10.0. The maximum Gasteiger partial charge on any atom is 0.305 e. The van der Waals surface area contributed by atoms with Crippen LogP contribution >= 0.6 is 0 Å². The molecule has 78 heavy (non-hydrogen) atoms. The molecule has 0 saturated carbocycles. The topological polar surface area (TPSA) is 95.9 Å². The first-order valence-electron chi connectivity index (χ1n) is 35.6. The van der Waals surface area contributed by atoms with E-state index in [9.17, 15) is 19.8 Å². The predicted molar refractivity (Wildman–Crippen MR) is 343 cm³/mol. The van der Waals surface area contributed by atoms with Crippen LogP contribution in [-0.2, 0) is 14.3 Å². The maximum atomic E-state index is 12.5. The minimum absolute atomic E-state index is 0.00445. The minimum atomic E-state index is -0.847. The number of hydrogen-bond donors (Lipinski definition) is 3.